The lowest BCUT2D eigenvalue weighted by Crippen LogP contribution is -2.13. The third kappa shape index (κ3) is 2.17. The topological polar surface area (TPSA) is 30.2 Å². The minimum Gasteiger partial charge on any atom is -0.306 e. The molecular formula is C18H15N3. The monoisotopic (exact) mass is 273 g/mol. The van der Waals surface area contributed by atoms with Crippen LogP contribution in [-0.4, -0.2) is 21.8 Å². The summed E-state index contributed by atoms with van der Waals surface area (Å²) in [6.45, 7) is 0.871. The van der Waals surface area contributed by atoms with E-state index in [9.17, 15) is 0 Å². The van der Waals surface area contributed by atoms with Crippen molar-refractivity contribution in [3.63, 3.8) is 0 Å². The summed E-state index contributed by atoms with van der Waals surface area (Å²) in [5, 5.41) is 0. The van der Waals surface area contributed by atoms with E-state index >= 15 is 0 Å². The van der Waals surface area contributed by atoms with Gasteiger partial charge in [-0.1, -0.05) is 36.4 Å². The molecule has 21 heavy (non-hydrogen) atoms. The number of aliphatic imine (C=N–C) groups is 1. The second-order valence-corrected chi connectivity index (χ2v) is 5.15. The van der Waals surface area contributed by atoms with Gasteiger partial charge < -0.3 is 4.57 Å². The number of fused-ring (bicyclic) bond motifs is 1. The van der Waals surface area contributed by atoms with Crippen molar-refractivity contribution in [2.75, 3.05) is 6.54 Å². The number of aromatic nitrogens is 2. The molecule has 0 fully saturated rings. The van der Waals surface area contributed by atoms with Gasteiger partial charge in [0.25, 0.3) is 0 Å². The number of rotatable bonds is 2. The standard InChI is InChI=1S/C18H15N3/c1-2-4-17-14(3-1)9-10-20-18(17)15-5-7-16(8-6-15)21-12-11-19-13-21/h1-8,11-13H,9-10H2. The molecule has 0 saturated carbocycles. The Hall–Kier alpha value is -2.68. The molecule has 2 heterocycles. The van der Waals surface area contributed by atoms with Crippen molar-refractivity contribution in [2.45, 2.75) is 6.42 Å². The molecule has 0 unspecified atom stereocenters. The van der Waals surface area contributed by atoms with E-state index in [1.165, 1.54) is 16.7 Å². The second kappa shape index (κ2) is 5.02. The fourth-order valence-electron chi connectivity index (χ4n) is 2.79. The first-order chi connectivity index (χ1) is 10.4. The third-order valence-corrected chi connectivity index (χ3v) is 3.87. The van der Waals surface area contributed by atoms with Gasteiger partial charge in [0.15, 0.2) is 0 Å². The van der Waals surface area contributed by atoms with Gasteiger partial charge in [-0.3, -0.25) is 4.99 Å². The van der Waals surface area contributed by atoms with Crippen molar-refractivity contribution in [1.29, 1.82) is 0 Å². The zero-order chi connectivity index (χ0) is 14.1. The minimum absolute atomic E-state index is 0.871. The lowest BCUT2D eigenvalue weighted by molar-refractivity contribution is 0.944. The molecule has 0 radical (unpaired) electrons. The third-order valence-electron chi connectivity index (χ3n) is 3.87. The van der Waals surface area contributed by atoms with E-state index in [2.05, 4.69) is 53.5 Å². The van der Waals surface area contributed by atoms with Crippen molar-refractivity contribution in [1.82, 2.24) is 9.55 Å². The summed E-state index contributed by atoms with van der Waals surface area (Å²) in [5.74, 6) is 0. The second-order valence-electron chi connectivity index (χ2n) is 5.15. The highest BCUT2D eigenvalue weighted by atomic mass is 15.0. The normalized spacial score (nSPS) is 13.6. The molecule has 3 nitrogen and oxygen atoms in total. The van der Waals surface area contributed by atoms with Gasteiger partial charge in [0.1, 0.15) is 0 Å². The molecule has 1 aliphatic heterocycles. The van der Waals surface area contributed by atoms with Gasteiger partial charge in [-0.2, -0.15) is 0 Å². The van der Waals surface area contributed by atoms with Crippen molar-refractivity contribution >= 4 is 5.71 Å². The van der Waals surface area contributed by atoms with Gasteiger partial charge in [-0.05, 0) is 24.1 Å². The summed E-state index contributed by atoms with van der Waals surface area (Å²) in [7, 11) is 0. The first kappa shape index (κ1) is 12.1. The van der Waals surface area contributed by atoms with E-state index in [-0.39, 0.29) is 0 Å². The molecule has 0 amide bonds. The summed E-state index contributed by atoms with van der Waals surface area (Å²) >= 11 is 0. The molecule has 1 aromatic heterocycles. The maximum Gasteiger partial charge on any atom is 0.0991 e. The summed E-state index contributed by atoms with van der Waals surface area (Å²) in [6, 6.07) is 17.0. The fourth-order valence-corrected chi connectivity index (χ4v) is 2.79. The Morgan fingerprint density at radius 1 is 0.952 bits per heavy atom. The predicted octanol–water partition coefficient (Wildman–Crippen LogP) is 3.27. The van der Waals surface area contributed by atoms with E-state index in [1.807, 2.05) is 17.1 Å². The van der Waals surface area contributed by atoms with E-state index in [0.717, 1.165) is 24.4 Å². The maximum atomic E-state index is 4.73. The zero-order valence-corrected chi connectivity index (χ0v) is 11.6. The molecule has 4 rings (SSSR count). The molecule has 102 valence electrons. The van der Waals surface area contributed by atoms with Crippen LogP contribution < -0.4 is 0 Å². The Balaban J connectivity index is 1.73. The molecule has 2 aromatic carbocycles. The van der Waals surface area contributed by atoms with Gasteiger partial charge in [-0.25, -0.2) is 4.98 Å². The number of benzene rings is 2. The summed E-state index contributed by atoms with van der Waals surface area (Å²) in [6.07, 6.45) is 6.58. The predicted molar refractivity (Wildman–Crippen MR) is 84.2 cm³/mol. The molecule has 0 spiro atoms. The first-order valence-corrected chi connectivity index (χ1v) is 7.13. The number of imidazole rings is 1. The molecule has 1 aliphatic rings. The van der Waals surface area contributed by atoms with Crippen LogP contribution in [0.3, 0.4) is 0 Å². The average molecular weight is 273 g/mol. The summed E-state index contributed by atoms with van der Waals surface area (Å²) < 4.78 is 2.00. The van der Waals surface area contributed by atoms with Crippen LogP contribution in [0.4, 0.5) is 0 Å². The zero-order valence-electron chi connectivity index (χ0n) is 11.6. The van der Waals surface area contributed by atoms with E-state index in [0.29, 0.717) is 0 Å². The lowest BCUT2D eigenvalue weighted by atomic mass is 9.93. The van der Waals surface area contributed by atoms with Crippen molar-refractivity contribution in [2.24, 2.45) is 4.99 Å². The van der Waals surface area contributed by atoms with Crippen LogP contribution in [-0.2, 0) is 6.42 Å². The smallest absolute Gasteiger partial charge is 0.0991 e. The van der Waals surface area contributed by atoms with Gasteiger partial charge >= 0.3 is 0 Å². The maximum absolute atomic E-state index is 4.73. The van der Waals surface area contributed by atoms with Gasteiger partial charge in [-0.15, -0.1) is 0 Å². The van der Waals surface area contributed by atoms with Crippen molar-refractivity contribution in [3.05, 3.63) is 83.9 Å². The Morgan fingerprint density at radius 3 is 2.62 bits per heavy atom. The van der Waals surface area contributed by atoms with Crippen molar-refractivity contribution < 1.29 is 0 Å². The molecule has 0 saturated heterocycles. The molecule has 0 aliphatic carbocycles. The van der Waals surface area contributed by atoms with Gasteiger partial charge in [0.05, 0.1) is 12.0 Å². The summed E-state index contributed by atoms with van der Waals surface area (Å²) in [4.78, 5) is 8.81. The number of hydrogen-bond acceptors (Lipinski definition) is 2. The Labute approximate surface area is 123 Å². The SMILES string of the molecule is c1ccc2c(c1)CCN=C2c1ccc(-n2ccnc2)cc1. The molecular weight excluding hydrogens is 258 g/mol. The highest BCUT2D eigenvalue weighted by molar-refractivity contribution is 6.14. The lowest BCUT2D eigenvalue weighted by Gasteiger charge is -2.17. The van der Waals surface area contributed by atoms with E-state index < -0.39 is 0 Å². The Bertz CT molecular complexity index is 784. The van der Waals surface area contributed by atoms with Gasteiger partial charge in [0.2, 0.25) is 0 Å². The molecule has 0 atom stereocenters. The highest BCUT2D eigenvalue weighted by Crippen LogP contribution is 2.21. The Morgan fingerprint density at radius 2 is 1.81 bits per heavy atom. The summed E-state index contributed by atoms with van der Waals surface area (Å²) in [5.41, 5.74) is 6.04. The molecule has 3 heteroatoms. The Kier molecular flexibility index (Phi) is 2.89. The van der Waals surface area contributed by atoms with Crippen LogP contribution in [0.25, 0.3) is 5.69 Å². The van der Waals surface area contributed by atoms with Crippen LogP contribution >= 0.6 is 0 Å². The molecule has 3 aromatic rings. The quantitative estimate of drug-likeness (QED) is 0.705. The fraction of sp³-hybridized carbons (Fsp3) is 0.111. The highest BCUT2D eigenvalue weighted by Gasteiger charge is 2.14. The minimum atomic E-state index is 0.871. The van der Waals surface area contributed by atoms with Crippen LogP contribution in [0.2, 0.25) is 0 Å². The number of hydrogen-bond donors (Lipinski definition) is 0. The van der Waals surface area contributed by atoms with Crippen LogP contribution in [0.1, 0.15) is 16.7 Å². The molecule has 0 bridgehead atoms. The van der Waals surface area contributed by atoms with Crippen LogP contribution in [0, 0.1) is 0 Å². The van der Waals surface area contributed by atoms with Crippen LogP contribution in [0.5, 0.6) is 0 Å². The van der Waals surface area contributed by atoms with E-state index in [1.54, 1.807) is 6.20 Å². The van der Waals surface area contributed by atoms with Crippen molar-refractivity contribution in [3.8, 4) is 5.69 Å². The largest absolute Gasteiger partial charge is 0.306 e. The van der Waals surface area contributed by atoms with Crippen LogP contribution in [0.15, 0.2) is 72.2 Å². The first-order valence-electron chi connectivity index (χ1n) is 7.13. The molecule has 0 N–H and O–H groups in total. The average Bonchev–Trinajstić information content (AvgIpc) is 3.09. The van der Waals surface area contributed by atoms with Gasteiger partial charge in [0, 0.05) is 35.8 Å². The van der Waals surface area contributed by atoms with E-state index in [4.69, 9.17) is 4.99 Å². The number of nitrogens with zero attached hydrogens (tertiary/aromatic N) is 3.